The summed E-state index contributed by atoms with van der Waals surface area (Å²) < 4.78 is 3.01. The molecule has 136 valence electrons. The number of thiazole rings is 1. The Morgan fingerprint density at radius 3 is 2.70 bits per heavy atom. The number of imidazole rings is 1. The molecule has 0 radical (unpaired) electrons. The van der Waals surface area contributed by atoms with Gasteiger partial charge in [-0.05, 0) is 35.9 Å². The Morgan fingerprint density at radius 1 is 1.11 bits per heavy atom. The van der Waals surface area contributed by atoms with E-state index in [1.54, 1.807) is 6.20 Å². The third-order valence-corrected chi connectivity index (χ3v) is 5.73. The smallest absolute Gasteiger partial charge is 0.321 e. The van der Waals surface area contributed by atoms with Crippen LogP contribution in [0.5, 0.6) is 0 Å². The van der Waals surface area contributed by atoms with Gasteiger partial charge in [0.1, 0.15) is 5.82 Å². The molecule has 2 aromatic heterocycles. The number of aromatic amines is 1. The lowest BCUT2D eigenvalue weighted by Crippen LogP contribution is -2.28. The van der Waals surface area contributed by atoms with Crippen LogP contribution in [0.15, 0.2) is 57.6 Å². The topological polar surface area (TPSA) is 82.7 Å². The fourth-order valence-electron chi connectivity index (χ4n) is 2.49. The lowest BCUT2D eigenvalue weighted by molar-refractivity contribution is 0.251. The summed E-state index contributed by atoms with van der Waals surface area (Å²) in [6, 6.07) is 13.4. The maximum absolute atomic E-state index is 12.1. The molecule has 2 aromatic carbocycles. The van der Waals surface area contributed by atoms with E-state index in [0.29, 0.717) is 17.5 Å². The summed E-state index contributed by atoms with van der Waals surface area (Å²) in [4.78, 5) is 24.0. The van der Waals surface area contributed by atoms with Gasteiger partial charge in [0.2, 0.25) is 0 Å². The highest BCUT2D eigenvalue weighted by molar-refractivity contribution is 9.10. The van der Waals surface area contributed by atoms with Crippen LogP contribution in [0.4, 0.5) is 9.93 Å². The van der Waals surface area contributed by atoms with Gasteiger partial charge in [0.25, 0.3) is 0 Å². The second-order valence-electron chi connectivity index (χ2n) is 5.69. The first-order valence-corrected chi connectivity index (χ1v) is 10.4. The van der Waals surface area contributed by atoms with Crippen LogP contribution < -0.4 is 10.6 Å². The summed E-state index contributed by atoms with van der Waals surface area (Å²) in [5, 5.41) is 6.10. The van der Waals surface area contributed by atoms with Crippen LogP contribution in [0.1, 0.15) is 5.82 Å². The van der Waals surface area contributed by atoms with Crippen molar-refractivity contribution in [3.05, 3.63) is 63.4 Å². The molecule has 0 saturated carbocycles. The van der Waals surface area contributed by atoms with Crippen molar-refractivity contribution >= 4 is 64.6 Å². The molecule has 0 fully saturated rings. The SMILES string of the molecule is O=C(NCc1ncc(-c2ccc(Br)cc2)[nH]1)Nc1nc2ccc(Br)cc2s1. The number of carbonyl (C=O) groups excluding carboxylic acids is 1. The summed E-state index contributed by atoms with van der Waals surface area (Å²) in [7, 11) is 0. The number of H-pyrrole nitrogens is 1. The molecule has 4 rings (SSSR count). The zero-order valence-electron chi connectivity index (χ0n) is 13.8. The second kappa shape index (κ2) is 7.79. The molecule has 0 aliphatic rings. The Labute approximate surface area is 175 Å². The molecule has 3 N–H and O–H groups in total. The van der Waals surface area contributed by atoms with Crippen molar-refractivity contribution in [2.75, 3.05) is 5.32 Å². The molecule has 0 saturated heterocycles. The Balaban J connectivity index is 1.36. The Kier molecular flexibility index (Phi) is 5.24. The van der Waals surface area contributed by atoms with E-state index in [2.05, 4.69) is 57.4 Å². The molecule has 6 nitrogen and oxygen atoms in total. The number of hydrogen-bond donors (Lipinski definition) is 3. The molecule has 0 unspecified atom stereocenters. The molecule has 0 bridgehead atoms. The van der Waals surface area contributed by atoms with E-state index in [1.807, 2.05) is 42.5 Å². The van der Waals surface area contributed by atoms with Crippen molar-refractivity contribution in [1.29, 1.82) is 0 Å². The molecule has 0 atom stereocenters. The number of carbonyl (C=O) groups is 1. The van der Waals surface area contributed by atoms with E-state index in [0.717, 1.165) is 30.4 Å². The molecule has 2 amide bonds. The van der Waals surface area contributed by atoms with Crippen LogP contribution >= 0.6 is 43.2 Å². The first-order chi connectivity index (χ1) is 13.1. The third kappa shape index (κ3) is 4.37. The van der Waals surface area contributed by atoms with Gasteiger partial charge in [0, 0.05) is 8.95 Å². The first-order valence-electron chi connectivity index (χ1n) is 7.97. The number of amides is 2. The zero-order valence-corrected chi connectivity index (χ0v) is 17.8. The Morgan fingerprint density at radius 2 is 1.89 bits per heavy atom. The summed E-state index contributed by atoms with van der Waals surface area (Å²) in [5.41, 5.74) is 2.78. The molecule has 0 spiro atoms. The minimum absolute atomic E-state index is 0.290. The molecular weight excluding hydrogens is 494 g/mol. The first kappa shape index (κ1) is 18.1. The number of halogens is 2. The Hall–Kier alpha value is -2.23. The van der Waals surface area contributed by atoms with Crippen molar-refractivity contribution in [1.82, 2.24) is 20.3 Å². The normalized spacial score (nSPS) is 10.9. The monoisotopic (exact) mass is 505 g/mol. The van der Waals surface area contributed by atoms with E-state index in [4.69, 9.17) is 0 Å². The molecule has 0 aliphatic carbocycles. The fourth-order valence-corrected chi connectivity index (χ4v) is 4.16. The highest BCUT2D eigenvalue weighted by Crippen LogP contribution is 2.28. The predicted octanol–water partition coefficient (Wildman–Crippen LogP) is 5.53. The summed E-state index contributed by atoms with van der Waals surface area (Å²) in [6.07, 6.45) is 1.75. The van der Waals surface area contributed by atoms with Crippen LogP contribution in [0, 0.1) is 0 Å². The number of anilines is 1. The predicted molar refractivity (Wildman–Crippen MR) is 115 cm³/mol. The molecule has 9 heteroatoms. The number of rotatable bonds is 4. The molecule has 27 heavy (non-hydrogen) atoms. The number of benzene rings is 2. The molecule has 2 heterocycles. The van der Waals surface area contributed by atoms with E-state index in [1.165, 1.54) is 11.3 Å². The summed E-state index contributed by atoms with van der Waals surface area (Å²) in [6.45, 7) is 0.290. The van der Waals surface area contributed by atoms with Crippen molar-refractivity contribution in [3.63, 3.8) is 0 Å². The van der Waals surface area contributed by atoms with Crippen molar-refractivity contribution in [3.8, 4) is 11.3 Å². The molecular formula is C18H13Br2N5OS. The molecule has 0 aliphatic heterocycles. The quantitative estimate of drug-likeness (QED) is 0.340. The minimum atomic E-state index is -0.324. The number of nitrogens with one attached hydrogen (secondary N) is 3. The second-order valence-corrected chi connectivity index (χ2v) is 8.55. The van der Waals surface area contributed by atoms with Gasteiger partial charge in [0.15, 0.2) is 5.13 Å². The largest absolute Gasteiger partial charge is 0.341 e. The van der Waals surface area contributed by atoms with Gasteiger partial charge in [-0.25, -0.2) is 14.8 Å². The van der Waals surface area contributed by atoms with Crippen LogP contribution in [-0.2, 0) is 6.54 Å². The van der Waals surface area contributed by atoms with Gasteiger partial charge >= 0.3 is 6.03 Å². The van der Waals surface area contributed by atoms with Crippen molar-refractivity contribution in [2.24, 2.45) is 0 Å². The van der Waals surface area contributed by atoms with Crippen LogP contribution in [0.25, 0.3) is 21.5 Å². The maximum Gasteiger partial charge on any atom is 0.321 e. The van der Waals surface area contributed by atoms with Crippen molar-refractivity contribution < 1.29 is 4.79 Å². The number of aromatic nitrogens is 3. The average Bonchev–Trinajstić information content (AvgIpc) is 3.26. The lowest BCUT2D eigenvalue weighted by atomic mass is 10.2. The van der Waals surface area contributed by atoms with Gasteiger partial charge in [-0.15, -0.1) is 0 Å². The van der Waals surface area contributed by atoms with E-state index in [-0.39, 0.29) is 6.03 Å². The molecule has 4 aromatic rings. The number of nitrogens with zero attached hydrogens (tertiary/aromatic N) is 2. The lowest BCUT2D eigenvalue weighted by Gasteiger charge is -2.03. The summed E-state index contributed by atoms with van der Waals surface area (Å²) >= 11 is 8.27. The van der Waals surface area contributed by atoms with E-state index < -0.39 is 0 Å². The van der Waals surface area contributed by atoms with Gasteiger partial charge in [-0.2, -0.15) is 0 Å². The van der Waals surface area contributed by atoms with Crippen LogP contribution in [-0.4, -0.2) is 21.0 Å². The third-order valence-electron chi connectivity index (χ3n) is 3.77. The van der Waals surface area contributed by atoms with Gasteiger partial charge in [0.05, 0.1) is 28.7 Å². The number of urea groups is 1. The number of hydrogen-bond acceptors (Lipinski definition) is 4. The number of fused-ring (bicyclic) bond motifs is 1. The average molecular weight is 507 g/mol. The van der Waals surface area contributed by atoms with E-state index >= 15 is 0 Å². The Bertz CT molecular complexity index is 1110. The van der Waals surface area contributed by atoms with Gasteiger partial charge < -0.3 is 10.3 Å². The standard InChI is InChI=1S/C18H13Br2N5OS/c19-11-3-1-10(2-4-11)14-8-21-16(23-14)9-22-17(26)25-18-24-13-6-5-12(20)7-15(13)27-18/h1-8H,9H2,(H,21,23)(H2,22,24,25,26). The highest BCUT2D eigenvalue weighted by atomic mass is 79.9. The fraction of sp³-hybridized carbons (Fsp3) is 0.0556. The zero-order chi connectivity index (χ0) is 18.8. The van der Waals surface area contributed by atoms with Crippen LogP contribution in [0.2, 0.25) is 0 Å². The van der Waals surface area contributed by atoms with Gasteiger partial charge in [-0.3, -0.25) is 5.32 Å². The highest BCUT2D eigenvalue weighted by Gasteiger charge is 2.09. The van der Waals surface area contributed by atoms with E-state index in [9.17, 15) is 4.79 Å². The van der Waals surface area contributed by atoms with Gasteiger partial charge in [-0.1, -0.05) is 55.3 Å². The van der Waals surface area contributed by atoms with Crippen molar-refractivity contribution in [2.45, 2.75) is 6.54 Å². The van der Waals surface area contributed by atoms with Crippen LogP contribution in [0.3, 0.4) is 0 Å². The minimum Gasteiger partial charge on any atom is -0.341 e. The summed E-state index contributed by atoms with van der Waals surface area (Å²) in [5.74, 6) is 0.677. The maximum atomic E-state index is 12.1.